The van der Waals surface area contributed by atoms with Crippen LogP contribution in [-0.2, 0) is 4.79 Å². The summed E-state index contributed by atoms with van der Waals surface area (Å²) in [6, 6.07) is 6.04. The number of hydrogen-bond acceptors (Lipinski definition) is 3. The van der Waals surface area contributed by atoms with Crippen LogP contribution in [0.3, 0.4) is 0 Å². The largest absolute Gasteiger partial charge is 0.495 e. The monoisotopic (exact) mass is 402 g/mol. The van der Waals surface area contributed by atoms with Gasteiger partial charge in [-0.1, -0.05) is 23.7 Å². The van der Waals surface area contributed by atoms with E-state index < -0.39 is 5.82 Å². The van der Waals surface area contributed by atoms with Crippen LogP contribution in [0, 0.1) is 5.82 Å². The van der Waals surface area contributed by atoms with Gasteiger partial charge >= 0.3 is 0 Å². The molecule has 1 atom stereocenters. The maximum atomic E-state index is 14.9. The number of ether oxygens (including phenoxy) is 1. The van der Waals surface area contributed by atoms with E-state index in [2.05, 4.69) is 10.3 Å². The molecule has 7 heteroatoms. The van der Waals surface area contributed by atoms with Gasteiger partial charge in [-0.25, -0.2) is 4.39 Å². The number of nitrogens with one attached hydrogen (secondary N) is 2. The molecule has 0 spiro atoms. The van der Waals surface area contributed by atoms with E-state index in [0.29, 0.717) is 30.0 Å². The van der Waals surface area contributed by atoms with E-state index in [4.69, 9.17) is 16.3 Å². The van der Waals surface area contributed by atoms with Crippen LogP contribution in [0.4, 0.5) is 4.39 Å². The van der Waals surface area contributed by atoms with Crippen LogP contribution < -0.4 is 15.6 Å². The number of methoxy groups -OCH3 is 1. The fourth-order valence-corrected chi connectivity index (χ4v) is 3.78. The normalized spacial score (nSPS) is 19.6. The van der Waals surface area contributed by atoms with Crippen LogP contribution in [0.5, 0.6) is 5.75 Å². The SMILES string of the molecule is COc1cc(F)c(/C(=C/[C@H]2CCC(=O)N2)c2ccc(C3CC3)c(=O)[nH]2)cc1Cl. The smallest absolute Gasteiger partial charge is 0.251 e. The van der Waals surface area contributed by atoms with Gasteiger partial charge in [-0.05, 0) is 37.3 Å². The average molecular weight is 403 g/mol. The predicted molar refractivity (Wildman–Crippen MR) is 105 cm³/mol. The minimum atomic E-state index is -0.524. The molecular formula is C21H20ClFN2O3. The molecule has 1 aromatic carbocycles. The van der Waals surface area contributed by atoms with Crippen molar-refractivity contribution in [2.75, 3.05) is 7.11 Å². The zero-order valence-corrected chi connectivity index (χ0v) is 16.1. The minimum Gasteiger partial charge on any atom is -0.495 e. The molecule has 1 aliphatic carbocycles. The molecule has 28 heavy (non-hydrogen) atoms. The Morgan fingerprint density at radius 2 is 2.04 bits per heavy atom. The molecule has 2 aromatic rings. The topological polar surface area (TPSA) is 71.2 Å². The number of halogens is 2. The van der Waals surface area contributed by atoms with Crippen molar-refractivity contribution in [3.8, 4) is 5.75 Å². The highest BCUT2D eigenvalue weighted by molar-refractivity contribution is 6.32. The quantitative estimate of drug-likeness (QED) is 0.799. The first kappa shape index (κ1) is 18.7. The van der Waals surface area contributed by atoms with Crippen molar-refractivity contribution in [3.05, 3.63) is 68.4 Å². The zero-order chi connectivity index (χ0) is 19.8. The van der Waals surface area contributed by atoms with Crippen LogP contribution in [0.25, 0.3) is 5.57 Å². The summed E-state index contributed by atoms with van der Waals surface area (Å²) >= 11 is 6.22. The van der Waals surface area contributed by atoms with Crippen molar-refractivity contribution in [2.24, 2.45) is 0 Å². The number of rotatable bonds is 5. The maximum absolute atomic E-state index is 14.9. The van der Waals surface area contributed by atoms with Crippen molar-refractivity contribution in [2.45, 2.75) is 37.6 Å². The Labute approximate surface area is 166 Å². The molecule has 2 aliphatic rings. The molecule has 0 bridgehead atoms. The van der Waals surface area contributed by atoms with Gasteiger partial charge in [0, 0.05) is 40.9 Å². The number of H-pyrrole nitrogens is 1. The summed E-state index contributed by atoms with van der Waals surface area (Å²) < 4.78 is 19.9. The van der Waals surface area contributed by atoms with E-state index in [1.54, 1.807) is 18.2 Å². The maximum Gasteiger partial charge on any atom is 0.251 e. The van der Waals surface area contributed by atoms with E-state index in [1.165, 1.54) is 19.2 Å². The Balaban J connectivity index is 1.82. The van der Waals surface area contributed by atoms with Crippen molar-refractivity contribution < 1.29 is 13.9 Å². The number of aromatic nitrogens is 1. The molecule has 0 radical (unpaired) electrons. The Morgan fingerprint density at radius 3 is 2.64 bits per heavy atom. The summed E-state index contributed by atoms with van der Waals surface area (Å²) in [5.41, 5.74) is 1.79. The molecule has 1 saturated heterocycles. The van der Waals surface area contributed by atoms with Crippen LogP contribution in [0.15, 0.2) is 35.1 Å². The molecule has 0 unspecified atom stereocenters. The molecule has 1 aromatic heterocycles. The summed E-state index contributed by atoms with van der Waals surface area (Å²) in [5, 5.41) is 3.11. The van der Waals surface area contributed by atoms with Gasteiger partial charge in [0.15, 0.2) is 0 Å². The Hall–Kier alpha value is -2.60. The van der Waals surface area contributed by atoms with Gasteiger partial charge < -0.3 is 15.0 Å². The van der Waals surface area contributed by atoms with Gasteiger partial charge in [0.25, 0.3) is 5.56 Å². The summed E-state index contributed by atoms with van der Waals surface area (Å²) in [5.74, 6) is -0.0316. The number of aromatic amines is 1. The second-order valence-corrected chi connectivity index (χ2v) is 7.60. The lowest BCUT2D eigenvalue weighted by atomic mass is 9.97. The number of hydrogen-bond donors (Lipinski definition) is 2. The lowest BCUT2D eigenvalue weighted by Crippen LogP contribution is -2.24. The van der Waals surface area contributed by atoms with Gasteiger partial charge in [0.05, 0.1) is 12.1 Å². The van der Waals surface area contributed by atoms with E-state index in [-0.39, 0.29) is 33.8 Å². The molecule has 2 heterocycles. The lowest BCUT2D eigenvalue weighted by molar-refractivity contribution is -0.119. The predicted octanol–water partition coefficient (Wildman–Crippen LogP) is 3.76. The zero-order valence-electron chi connectivity index (χ0n) is 15.4. The fourth-order valence-electron chi connectivity index (χ4n) is 3.54. The number of pyridine rings is 1. The van der Waals surface area contributed by atoms with Crippen LogP contribution in [-0.4, -0.2) is 24.0 Å². The van der Waals surface area contributed by atoms with Crippen LogP contribution >= 0.6 is 11.6 Å². The van der Waals surface area contributed by atoms with Gasteiger partial charge in [-0.2, -0.15) is 0 Å². The van der Waals surface area contributed by atoms with Gasteiger partial charge in [0.1, 0.15) is 11.6 Å². The summed E-state index contributed by atoms with van der Waals surface area (Å²) in [6.45, 7) is 0. The number of carbonyl (C=O) groups is 1. The Morgan fingerprint density at radius 1 is 1.25 bits per heavy atom. The molecule has 2 fully saturated rings. The van der Waals surface area contributed by atoms with Crippen molar-refractivity contribution in [1.82, 2.24) is 10.3 Å². The van der Waals surface area contributed by atoms with E-state index >= 15 is 0 Å². The Kier molecular flexibility index (Phi) is 4.98. The number of benzene rings is 1. The lowest BCUT2D eigenvalue weighted by Gasteiger charge is -2.15. The highest BCUT2D eigenvalue weighted by Crippen LogP contribution is 2.39. The van der Waals surface area contributed by atoms with E-state index in [9.17, 15) is 14.0 Å². The van der Waals surface area contributed by atoms with Crippen LogP contribution in [0.1, 0.15) is 48.4 Å². The second kappa shape index (κ2) is 7.43. The third kappa shape index (κ3) is 3.69. The molecule has 1 aliphatic heterocycles. The first-order chi connectivity index (χ1) is 13.5. The molecule has 4 rings (SSSR count). The third-order valence-corrected chi connectivity index (χ3v) is 5.47. The van der Waals surface area contributed by atoms with Crippen LogP contribution in [0.2, 0.25) is 5.02 Å². The van der Waals surface area contributed by atoms with Gasteiger partial charge in [-0.3, -0.25) is 9.59 Å². The summed E-state index contributed by atoms with van der Waals surface area (Å²) in [7, 11) is 1.42. The summed E-state index contributed by atoms with van der Waals surface area (Å²) in [6.07, 6.45) is 4.83. The molecule has 146 valence electrons. The molecule has 1 amide bonds. The average Bonchev–Trinajstić information content (AvgIpc) is 3.43. The minimum absolute atomic E-state index is 0.0496. The molecular weight excluding hydrogens is 383 g/mol. The van der Waals surface area contributed by atoms with Gasteiger partial charge in [-0.15, -0.1) is 0 Å². The van der Waals surface area contributed by atoms with Crippen molar-refractivity contribution >= 4 is 23.1 Å². The first-order valence-electron chi connectivity index (χ1n) is 9.24. The molecule has 5 nitrogen and oxygen atoms in total. The first-order valence-corrected chi connectivity index (χ1v) is 9.62. The standard InChI is InChI=1S/C21H20ClFN2O3/c1-28-19-10-17(23)14(9-16(19)22)15(8-12-4-7-20(26)24-12)18-6-5-13(11-2-3-11)21(27)25-18/h5-6,8-12H,2-4,7H2,1H3,(H,24,26)(H,25,27)/b15-8-/t12-/m1/s1. The highest BCUT2D eigenvalue weighted by atomic mass is 35.5. The van der Waals surface area contributed by atoms with E-state index in [0.717, 1.165) is 18.4 Å². The third-order valence-electron chi connectivity index (χ3n) is 5.18. The second-order valence-electron chi connectivity index (χ2n) is 7.19. The Bertz CT molecular complexity index is 1030. The number of carbonyl (C=O) groups excluding carboxylic acids is 1. The fraction of sp³-hybridized carbons (Fsp3) is 0.333. The summed E-state index contributed by atoms with van der Waals surface area (Å²) in [4.78, 5) is 27.0. The van der Waals surface area contributed by atoms with E-state index in [1.807, 2.05) is 0 Å². The highest BCUT2D eigenvalue weighted by Gasteiger charge is 2.27. The molecule has 2 N–H and O–H groups in total. The van der Waals surface area contributed by atoms with Crippen molar-refractivity contribution in [1.29, 1.82) is 0 Å². The van der Waals surface area contributed by atoms with Gasteiger partial charge in [0.2, 0.25) is 5.91 Å². The number of amides is 1. The molecule has 1 saturated carbocycles. The van der Waals surface area contributed by atoms with Crippen molar-refractivity contribution in [3.63, 3.8) is 0 Å².